The highest BCUT2D eigenvalue weighted by molar-refractivity contribution is 9.10. The first-order valence-electron chi connectivity index (χ1n) is 18.5. The SMILES string of the molecule is O=C1C2=C(O[C@@H]3[C@@H]([C@@H](c4ccccc4)C4(C(=O)c5ccccc5C4=O)[C@@H](c4ccc(Br)cc4)N3Cc3ccccc3)[C@@H]2c2ccc(Br)cc2)c2ccccc21. The lowest BCUT2D eigenvalue weighted by molar-refractivity contribution is -0.151. The van der Waals surface area contributed by atoms with Crippen molar-refractivity contribution >= 4 is 55.0 Å². The van der Waals surface area contributed by atoms with Crippen molar-refractivity contribution in [1.82, 2.24) is 4.90 Å². The Balaban J connectivity index is 1.34. The maximum Gasteiger partial charge on any atom is 0.194 e. The summed E-state index contributed by atoms with van der Waals surface area (Å²) in [6, 6.07) is 50.4. The van der Waals surface area contributed by atoms with E-state index in [0.717, 1.165) is 36.8 Å². The first kappa shape index (κ1) is 34.3. The van der Waals surface area contributed by atoms with Crippen LogP contribution in [-0.4, -0.2) is 28.5 Å². The van der Waals surface area contributed by atoms with Crippen LogP contribution in [0.5, 0.6) is 0 Å². The van der Waals surface area contributed by atoms with Crippen molar-refractivity contribution in [3.8, 4) is 0 Å². The maximum atomic E-state index is 15.9. The quantitative estimate of drug-likeness (QED) is 0.162. The van der Waals surface area contributed by atoms with Gasteiger partial charge in [0.25, 0.3) is 0 Å². The van der Waals surface area contributed by atoms with E-state index in [4.69, 9.17) is 4.74 Å². The number of rotatable bonds is 5. The number of halogens is 2. The van der Waals surface area contributed by atoms with Crippen LogP contribution >= 0.6 is 31.9 Å². The topological polar surface area (TPSA) is 63.7 Å². The molecule has 2 aliphatic carbocycles. The molecule has 6 aromatic carbocycles. The minimum Gasteiger partial charge on any atom is -0.474 e. The van der Waals surface area contributed by atoms with E-state index in [2.05, 4.69) is 61.0 Å². The van der Waals surface area contributed by atoms with Gasteiger partial charge in [0, 0.05) is 55.5 Å². The molecule has 2 heterocycles. The lowest BCUT2D eigenvalue weighted by atomic mass is 9.51. The number of ketones is 3. The molecule has 0 amide bonds. The Morgan fingerprint density at radius 2 is 1.05 bits per heavy atom. The van der Waals surface area contributed by atoms with E-state index < -0.39 is 35.4 Å². The number of carbonyl (C=O) groups excluding carboxylic acids is 3. The predicted octanol–water partition coefficient (Wildman–Crippen LogP) is 11.0. The van der Waals surface area contributed by atoms with E-state index >= 15 is 9.59 Å². The fourth-order valence-electron chi connectivity index (χ4n) is 10.0. The Labute approximate surface area is 335 Å². The Morgan fingerprint density at radius 1 is 0.545 bits per heavy atom. The van der Waals surface area contributed by atoms with E-state index in [0.29, 0.717) is 34.6 Å². The van der Waals surface area contributed by atoms with Gasteiger partial charge in [-0.1, -0.05) is 165 Å². The number of fused-ring (bicyclic) bond motifs is 4. The van der Waals surface area contributed by atoms with Crippen molar-refractivity contribution in [2.45, 2.75) is 30.7 Å². The first-order valence-corrected chi connectivity index (χ1v) is 20.1. The van der Waals surface area contributed by atoms with Gasteiger partial charge in [0.1, 0.15) is 11.2 Å². The van der Waals surface area contributed by atoms with Crippen molar-refractivity contribution in [3.63, 3.8) is 0 Å². The number of benzene rings is 6. The highest BCUT2D eigenvalue weighted by Gasteiger charge is 2.72. The van der Waals surface area contributed by atoms with Crippen LogP contribution in [0.4, 0.5) is 0 Å². The highest BCUT2D eigenvalue weighted by atomic mass is 79.9. The Kier molecular flexibility index (Phi) is 8.25. The average molecular weight is 848 g/mol. The third-order valence-corrected chi connectivity index (χ3v) is 13.1. The summed E-state index contributed by atoms with van der Waals surface area (Å²) >= 11 is 7.28. The zero-order valence-electron chi connectivity index (χ0n) is 29.4. The monoisotopic (exact) mass is 845 g/mol. The summed E-state index contributed by atoms with van der Waals surface area (Å²) in [5.74, 6) is -1.72. The number of carbonyl (C=O) groups is 3. The number of hydrogen-bond acceptors (Lipinski definition) is 5. The van der Waals surface area contributed by atoms with Crippen LogP contribution in [0.25, 0.3) is 5.76 Å². The number of piperidine rings is 1. The Hall–Kier alpha value is -5.21. The molecule has 0 aromatic heterocycles. The minimum atomic E-state index is -1.63. The zero-order valence-corrected chi connectivity index (χ0v) is 32.6. The second kappa shape index (κ2) is 13.2. The summed E-state index contributed by atoms with van der Waals surface area (Å²) in [5, 5.41) is 0. The second-order valence-corrected chi connectivity index (χ2v) is 16.6. The van der Waals surface area contributed by atoms with E-state index in [9.17, 15) is 4.79 Å². The molecule has 1 fully saturated rings. The molecule has 5 nitrogen and oxygen atoms in total. The fraction of sp³-hybridized carbons (Fsp3) is 0.146. The molecule has 0 N–H and O–H groups in total. The predicted molar refractivity (Wildman–Crippen MR) is 219 cm³/mol. The molecule has 6 aromatic rings. The number of allylic oxidation sites excluding steroid dienone is 1. The van der Waals surface area contributed by atoms with Gasteiger partial charge in [-0.3, -0.25) is 19.3 Å². The van der Waals surface area contributed by atoms with Crippen LogP contribution < -0.4 is 0 Å². The maximum absolute atomic E-state index is 15.9. The highest BCUT2D eigenvalue weighted by Crippen LogP contribution is 2.68. The van der Waals surface area contributed by atoms with Gasteiger partial charge in [-0.2, -0.15) is 0 Å². The molecular weight excluding hydrogens is 814 g/mol. The van der Waals surface area contributed by atoms with Crippen LogP contribution in [0.2, 0.25) is 0 Å². The summed E-state index contributed by atoms with van der Waals surface area (Å²) in [5.41, 5.74) is 4.77. The van der Waals surface area contributed by atoms with Gasteiger partial charge < -0.3 is 4.74 Å². The van der Waals surface area contributed by atoms with Crippen LogP contribution in [0.15, 0.2) is 172 Å². The number of likely N-dealkylation sites (tertiary alicyclic amines) is 1. The third-order valence-electron chi connectivity index (χ3n) is 12.1. The molecule has 4 aliphatic rings. The van der Waals surface area contributed by atoms with Gasteiger partial charge in [-0.05, 0) is 46.5 Å². The molecule has 0 radical (unpaired) electrons. The van der Waals surface area contributed by atoms with Crippen molar-refractivity contribution < 1.29 is 19.1 Å². The molecule has 1 saturated heterocycles. The smallest absolute Gasteiger partial charge is 0.194 e. The van der Waals surface area contributed by atoms with Crippen LogP contribution in [0.1, 0.15) is 76.8 Å². The third kappa shape index (κ3) is 5.10. The summed E-state index contributed by atoms with van der Waals surface area (Å²) < 4.78 is 9.19. The van der Waals surface area contributed by atoms with Gasteiger partial charge in [0.2, 0.25) is 0 Å². The molecule has 0 saturated carbocycles. The van der Waals surface area contributed by atoms with Crippen molar-refractivity contribution in [2.24, 2.45) is 11.3 Å². The standard InChI is InChI=1S/C48H33Br2NO4/c49-32-23-19-29(20-24-32)38-39-41(30-13-5-2-6-14-30)48(45(53)36-17-9-10-18-37(36)46(48)54)44(31-21-25-33(50)26-22-31)51(27-28-11-3-1-4-12-28)47(39)55-43-35-16-8-7-15-34(35)42(52)40(38)43/h1-26,38-39,41,44,47H,27H2/t38-,39+,41+,44+,47+/m0/s1. The Bertz CT molecular complexity index is 2510. The van der Waals surface area contributed by atoms with Crippen molar-refractivity contribution in [2.75, 3.05) is 0 Å². The molecule has 268 valence electrons. The van der Waals surface area contributed by atoms with Crippen molar-refractivity contribution in [3.05, 3.63) is 217 Å². The lowest BCUT2D eigenvalue weighted by Crippen LogP contribution is -2.65. The number of nitrogens with zero attached hydrogens (tertiary/aromatic N) is 1. The van der Waals surface area contributed by atoms with E-state index in [-0.39, 0.29) is 17.3 Å². The first-order chi connectivity index (χ1) is 26.9. The molecule has 0 unspecified atom stereocenters. The van der Waals surface area contributed by atoms with E-state index in [1.807, 2.05) is 121 Å². The zero-order chi connectivity index (χ0) is 37.4. The molecule has 2 aliphatic heterocycles. The molecule has 10 rings (SSSR count). The van der Waals surface area contributed by atoms with E-state index in [1.165, 1.54) is 0 Å². The number of hydrogen-bond donors (Lipinski definition) is 0. The van der Waals surface area contributed by atoms with Gasteiger partial charge in [-0.15, -0.1) is 0 Å². The van der Waals surface area contributed by atoms with Crippen molar-refractivity contribution in [1.29, 1.82) is 0 Å². The van der Waals surface area contributed by atoms with E-state index in [1.54, 1.807) is 12.1 Å². The summed E-state index contributed by atoms with van der Waals surface area (Å²) in [6.45, 7) is 0.383. The van der Waals surface area contributed by atoms with Crippen LogP contribution in [-0.2, 0) is 11.3 Å². The second-order valence-electron chi connectivity index (χ2n) is 14.8. The van der Waals surface area contributed by atoms with Crippen LogP contribution in [0.3, 0.4) is 0 Å². The minimum absolute atomic E-state index is 0.0881. The molecule has 5 atom stereocenters. The molecule has 55 heavy (non-hydrogen) atoms. The fourth-order valence-corrected chi connectivity index (χ4v) is 10.5. The molecular formula is C48H33Br2NO4. The summed E-state index contributed by atoms with van der Waals surface area (Å²) in [4.78, 5) is 48.8. The molecule has 1 spiro atoms. The summed E-state index contributed by atoms with van der Waals surface area (Å²) in [7, 11) is 0. The van der Waals surface area contributed by atoms with Gasteiger partial charge >= 0.3 is 0 Å². The molecule has 7 heteroatoms. The van der Waals surface area contributed by atoms with Gasteiger partial charge in [-0.25, -0.2) is 0 Å². The number of Topliss-reactive ketones (excluding diaryl/α,β-unsaturated/α-hetero) is 3. The normalized spacial score (nSPS) is 23.6. The Morgan fingerprint density at radius 3 is 1.65 bits per heavy atom. The largest absolute Gasteiger partial charge is 0.474 e. The number of ether oxygens (including phenoxy) is 1. The van der Waals surface area contributed by atoms with Crippen LogP contribution in [0, 0.1) is 11.3 Å². The van der Waals surface area contributed by atoms with Gasteiger partial charge in [0.15, 0.2) is 23.6 Å². The lowest BCUT2D eigenvalue weighted by Gasteiger charge is -2.60. The average Bonchev–Trinajstić information content (AvgIpc) is 3.62. The molecule has 0 bridgehead atoms. The van der Waals surface area contributed by atoms with Gasteiger partial charge in [0.05, 0.1) is 11.6 Å². The summed E-state index contributed by atoms with van der Waals surface area (Å²) in [6.07, 6.45) is -0.666.